The smallest absolute Gasteiger partial charge is 0.329 e. The Kier molecular flexibility index (Phi) is 4.15. The van der Waals surface area contributed by atoms with E-state index in [0.717, 1.165) is 5.56 Å². The molecule has 0 spiro atoms. The molecule has 0 heterocycles. The largest absolute Gasteiger partial charge is 0.337 e. The minimum absolute atomic E-state index is 0.210. The summed E-state index contributed by atoms with van der Waals surface area (Å²) in [6.45, 7) is 3.09. The molecule has 0 unspecified atom stereocenters. The van der Waals surface area contributed by atoms with Crippen molar-refractivity contribution in [3.63, 3.8) is 0 Å². The van der Waals surface area contributed by atoms with E-state index < -0.39 is 0 Å². The Morgan fingerprint density at radius 2 is 1.89 bits per heavy atom. The summed E-state index contributed by atoms with van der Waals surface area (Å²) in [4.78, 5) is 11.2. The summed E-state index contributed by atoms with van der Waals surface area (Å²) < 4.78 is 0. The van der Waals surface area contributed by atoms with Crippen LogP contribution in [-0.4, -0.2) is 12.6 Å². The number of nitrogens with one attached hydrogen (secondary N) is 3. The van der Waals surface area contributed by atoms with Crippen LogP contribution in [0.3, 0.4) is 0 Å². The first-order valence-corrected chi connectivity index (χ1v) is 6.04. The van der Waals surface area contributed by atoms with Crippen LogP contribution in [0.2, 0.25) is 0 Å². The molecule has 0 aliphatic heterocycles. The van der Waals surface area contributed by atoms with Crippen LogP contribution in [0.4, 0.5) is 4.79 Å². The highest BCUT2D eigenvalue weighted by molar-refractivity contribution is 5.83. The summed E-state index contributed by atoms with van der Waals surface area (Å²) in [6, 6.07) is 14.2. The van der Waals surface area contributed by atoms with Crippen LogP contribution in [0, 0.1) is 0 Å². The van der Waals surface area contributed by atoms with Gasteiger partial charge in [0.05, 0.1) is 0 Å². The van der Waals surface area contributed by atoms with Crippen molar-refractivity contribution in [3.8, 4) is 0 Å². The Bertz CT molecular complexity index is 539. The summed E-state index contributed by atoms with van der Waals surface area (Å²) in [5.41, 5.74) is 6.60. The molecule has 3 N–H and O–H groups in total. The van der Waals surface area contributed by atoms with Gasteiger partial charge >= 0.3 is 6.03 Å². The van der Waals surface area contributed by atoms with Gasteiger partial charge < -0.3 is 5.32 Å². The van der Waals surface area contributed by atoms with Gasteiger partial charge in [0.25, 0.3) is 0 Å². The van der Waals surface area contributed by atoms with Crippen LogP contribution in [0.1, 0.15) is 12.5 Å². The van der Waals surface area contributed by atoms with Gasteiger partial charge in [0.15, 0.2) is 0 Å². The van der Waals surface area contributed by atoms with E-state index in [9.17, 15) is 4.79 Å². The van der Waals surface area contributed by atoms with E-state index in [1.807, 2.05) is 19.1 Å². The highest BCUT2D eigenvalue weighted by atomic mass is 16.2. The molecule has 18 heavy (non-hydrogen) atoms. The minimum Gasteiger partial charge on any atom is -0.337 e. The van der Waals surface area contributed by atoms with E-state index in [0.29, 0.717) is 13.1 Å². The van der Waals surface area contributed by atoms with Crippen molar-refractivity contribution in [1.29, 1.82) is 0 Å². The molecule has 0 atom stereocenters. The first-order valence-electron chi connectivity index (χ1n) is 6.04. The third kappa shape index (κ3) is 3.21. The van der Waals surface area contributed by atoms with Gasteiger partial charge in [0, 0.05) is 13.1 Å². The number of fused-ring (bicyclic) bond motifs is 1. The Labute approximate surface area is 106 Å². The number of carbonyl (C=O) groups is 1. The fraction of sp³-hybridized carbons (Fsp3) is 0.214. The fourth-order valence-electron chi connectivity index (χ4n) is 1.78. The first-order chi connectivity index (χ1) is 8.79. The minimum atomic E-state index is -0.210. The van der Waals surface area contributed by atoms with Gasteiger partial charge in [0.2, 0.25) is 0 Å². The van der Waals surface area contributed by atoms with Crippen molar-refractivity contribution in [3.05, 3.63) is 48.0 Å². The van der Waals surface area contributed by atoms with Gasteiger partial charge in [-0.3, -0.25) is 5.43 Å². The Morgan fingerprint density at radius 3 is 2.67 bits per heavy atom. The summed E-state index contributed by atoms with van der Waals surface area (Å²) in [7, 11) is 0. The number of amides is 2. The van der Waals surface area contributed by atoms with Crippen LogP contribution in [0.5, 0.6) is 0 Å². The molecule has 2 amide bonds. The molecule has 2 aromatic carbocycles. The molecular formula is C14H17N3O. The highest BCUT2D eigenvalue weighted by Gasteiger charge is 1.98. The van der Waals surface area contributed by atoms with E-state index in [-0.39, 0.29) is 6.03 Å². The lowest BCUT2D eigenvalue weighted by atomic mass is 10.1. The van der Waals surface area contributed by atoms with E-state index >= 15 is 0 Å². The standard InChI is InChI=1S/C14H17N3O/c1-2-15-14(18)17-16-10-11-7-8-12-5-3-4-6-13(12)9-11/h3-9,16H,2,10H2,1H3,(H2,15,17,18). The zero-order chi connectivity index (χ0) is 12.8. The van der Waals surface area contributed by atoms with Crippen molar-refractivity contribution in [2.45, 2.75) is 13.5 Å². The first kappa shape index (κ1) is 12.4. The molecule has 2 aromatic rings. The fourth-order valence-corrected chi connectivity index (χ4v) is 1.78. The average molecular weight is 243 g/mol. The molecule has 0 fully saturated rings. The molecule has 94 valence electrons. The van der Waals surface area contributed by atoms with E-state index in [4.69, 9.17) is 0 Å². The van der Waals surface area contributed by atoms with Gasteiger partial charge in [-0.25, -0.2) is 10.2 Å². The number of carbonyl (C=O) groups excluding carboxylic acids is 1. The molecule has 2 rings (SSSR count). The lowest BCUT2D eigenvalue weighted by molar-refractivity contribution is 0.237. The molecule has 0 radical (unpaired) electrons. The third-order valence-corrected chi connectivity index (χ3v) is 2.65. The molecule has 0 saturated heterocycles. The number of benzene rings is 2. The lowest BCUT2D eigenvalue weighted by Gasteiger charge is -2.08. The zero-order valence-corrected chi connectivity index (χ0v) is 10.4. The van der Waals surface area contributed by atoms with Crippen molar-refractivity contribution in [2.24, 2.45) is 0 Å². The maximum Gasteiger partial charge on any atom is 0.329 e. The van der Waals surface area contributed by atoms with Crippen LogP contribution in [-0.2, 0) is 6.54 Å². The van der Waals surface area contributed by atoms with E-state index in [1.54, 1.807) is 0 Å². The van der Waals surface area contributed by atoms with Crippen LogP contribution >= 0.6 is 0 Å². The van der Waals surface area contributed by atoms with Gasteiger partial charge in [-0.1, -0.05) is 36.4 Å². The number of hydrogen-bond acceptors (Lipinski definition) is 2. The lowest BCUT2D eigenvalue weighted by Crippen LogP contribution is -2.43. The highest BCUT2D eigenvalue weighted by Crippen LogP contribution is 2.15. The number of hydrogen-bond donors (Lipinski definition) is 3. The van der Waals surface area contributed by atoms with Crippen molar-refractivity contribution in [2.75, 3.05) is 6.54 Å². The molecule has 0 aliphatic rings. The second-order valence-corrected chi connectivity index (χ2v) is 4.02. The van der Waals surface area contributed by atoms with Crippen LogP contribution in [0.15, 0.2) is 42.5 Å². The van der Waals surface area contributed by atoms with Gasteiger partial charge in [0.1, 0.15) is 0 Å². The SMILES string of the molecule is CCNC(=O)NNCc1ccc2ccccc2c1. The van der Waals surface area contributed by atoms with Crippen LogP contribution < -0.4 is 16.2 Å². The van der Waals surface area contributed by atoms with Crippen molar-refractivity contribution >= 4 is 16.8 Å². The predicted octanol–water partition coefficient (Wildman–Crippen LogP) is 2.16. The van der Waals surface area contributed by atoms with Crippen molar-refractivity contribution < 1.29 is 4.79 Å². The second-order valence-electron chi connectivity index (χ2n) is 4.02. The normalized spacial score (nSPS) is 10.3. The van der Waals surface area contributed by atoms with Crippen LogP contribution in [0.25, 0.3) is 10.8 Å². The third-order valence-electron chi connectivity index (χ3n) is 2.65. The Morgan fingerprint density at radius 1 is 1.11 bits per heavy atom. The topological polar surface area (TPSA) is 53.2 Å². The summed E-state index contributed by atoms with van der Waals surface area (Å²) >= 11 is 0. The average Bonchev–Trinajstić information content (AvgIpc) is 2.39. The molecule has 0 saturated carbocycles. The Balaban J connectivity index is 1.93. The summed E-state index contributed by atoms with van der Waals surface area (Å²) in [5, 5.41) is 5.07. The predicted molar refractivity (Wildman–Crippen MR) is 73.0 cm³/mol. The maximum atomic E-state index is 11.2. The quantitative estimate of drug-likeness (QED) is 0.721. The second kappa shape index (κ2) is 6.02. The van der Waals surface area contributed by atoms with E-state index in [1.165, 1.54) is 10.8 Å². The maximum absolute atomic E-state index is 11.2. The number of hydrazine groups is 1. The molecule has 4 heteroatoms. The molecule has 0 aliphatic carbocycles. The molecular weight excluding hydrogens is 226 g/mol. The van der Waals surface area contributed by atoms with Gasteiger partial charge in [-0.15, -0.1) is 0 Å². The summed E-state index contributed by atoms with van der Waals surface area (Å²) in [5.74, 6) is 0. The van der Waals surface area contributed by atoms with Crippen molar-refractivity contribution in [1.82, 2.24) is 16.2 Å². The van der Waals surface area contributed by atoms with Gasteiger partial charge in [-0.05, 0) is 29.3 Å². The van der Waals surface area contributed by atoms with E-state index in [2.05, 4.69) is 46.5 Å². The number of rotatable bonds is 4. The monoisotopic (exact) mass is 243 g/mol. The Hall–Kier alpha value is -2.07. The molecule has 0 bridgehead atoms. The molecule has 4 nitrogen and oxygen atoms in total. The summed E-state index contributed by atoms with van der Waals surface area (Å²) in [6.07, 6.45) is 0. The van der Waals surface area contributed by atoms with Gasteiger partial charge in [-0.2, -0.15) is 0 Å². The zero-order valence-electron chi connectivity index (χ0n) is 10.4. The number of urea groups is 1. The molecule has 0 aromatic heterocycles.